The Balaban J connectivity index is 1.48. The number of likely N-dealkylation sites (tertiary alicyclic amines) is 2. The Hall–Kier alpha value is -1.92. The third kappa shape index (κ3) is 2.83. The van der Waals surface area contributed by atoms with E-state index in [0.29, 0.717) is 26.2 Å². The van der Waals surface area contributed by atoms with Crippen molar-refractivity contribution >= 4 is 33.2 Å². The normalized spacial score (nSPS) is 23.3. The lowest BCUT2D eigenvalue weighted by Crippen LogP contribution is -2.39. The second kappa shape index (κ2) is 6.42. The molecule has 2 aliphatic rings. The molecule has 25 heavy (non-hydrogen) atoms. The molecule has 4 rings (SSSR count). The van der Waals surface area contributed by atoms with Gasteiger partial charge in [-0.25, -0.2) is 0 Å². The molecule has 1 atom stereocenters. The van der Waals surface area contributed by atoms with Crippen molar-refractivity contribution in [3.63, 3.8) is 0 Å². The number of carbonyl (C=O) groups excluding carboxylic acids is 2. The maximum Gasteiger partial charge on any atom is 0.263 e. The fourth-order valence-corrected chi connectivity index (χ4v) is 5.01. The van der Waals surface area contributed by atoms with E-state index in [4.69, 9.17) is 4.74 Å². The monoisotopic (exact) mass is 358 g/mol. The van der Waals surface area contributed by atoms with Crippen LogP contribution in [0, 0.1) is 5.41 Å². The fourth-order valence-electron chi connectivity index (χ4n) is 3.98. The maximum absolute atomic E-state index is 12.9. The smallest absolute Gasteiger partial charge is 0.263 e. The molecule has 6 heteroatoms. The van der Waals surface area contributed by atoms with E-state index < -0.39 is 0 Å². The number of nitrogens with zero attached hydrogens (tertiary/aromatic N) is 2. The number of hydrogen-bond acceptors (Lipinski definition) is 4. The van der Waals surface area contributed by atoms with Gasteiger partial charge in [0.2, 0.25) is 5.91 Å². The summed E-state index contributed by atoms with van der Waals surface area (Å²) in [6.07, 6.45) is 1.61. The van der Waals surface area contributed by atoms with Crippen molar-refractivity contribution in [2.45, 2.75) is 12.8 Å². The van der Waals surface area contributed by atoms with Gasteiger partial charge in [-0.05, 0) is 30.4 Å². The molecular weight excluding hydrogens is 336 g/mol. The number of ether oxygens (including phenoxy) is 1. The van der Waals surface area contributed by atoms with Gasteiger partial charge in [0, 0.05) is 38.0 Å². The van der Waals surface area contributed by atoms with Crippen molar-refractivity contribution in [2.75, 3.05) is 39.9 Å². The molecule has 5 nitrogen and oxygen atoms in total. The van der Waals surface area contributed by atoms with Crippen LogP contribution in [-0.4, -0.2) is 61.5 Å². The first-order valence-electron chi connectivity index (χ1n) is 8.69. The molecule has 2 aliphatic heterocycles. The van der Waals surface area contributed by atoms with Gasteiger partial charge in [-0.15, -0.1) is 11.3 Å². The topological polar surface area (TPSA) is 49.9 Å². The largest absolute Gasteiger partial charge is 0.383 e. The van der Waals surface area contributed by atoms with Crippen LogP contribution in [0.1, 0.15) is 22.5 Å². The number of rotatable bonds is 4. The van der Waals surface area contributed by atoms with Gasteiger partial charge in [-0.3, -0.25) is 9.59 Å². The van der Waals surface area contributed by atoms with E-state index in [1.807, 2.05) is 40.1 Å². The molecule has 1 aromatic heterocycles. The predicted molar refractivity (Wildman–Crippen MR) is 97.9 cm³/mol. The molecule has 2 aromatic rings. The Labute approximate surface area is 151 Å². The summed E-state index contributed by atoms with van der Waals surface area (Å²) < 4.78 is 6.22. The average molecular weight is 358 g/mol. The van der Waals surface area contributed by atoms with Crippen molar-refractivity contribution in [1.29, 1.82) is 0 Å². The molecule has 0 N–H and O–H groups in total. The zero-order valence-electron chi connectivity index (χ0n) is 14.4. The Kier molecular flexibility index (Phi) is 4.25. The predicted octanol–water partition coefficient (Wildman–Crippen LogP) is 2.61. The second-order valence-electron chi connectivity index (χ2n) is 6.94. The van der Waals surface area contributed by atoms with Gasteiger partial charge in [0.1, 0.15) is 0 Å². The second-order valence-corrected chi connectivity index (χ2v) is 8.02. The first kappa shape index (κ1) is 16.5. The lowest BCUT2D eigenvalue weighted by Gasteiger charge is -2.23. The lowest BCUT2D eigenvalue weighted by molar-refractivity contribution is -0.135. The molecule has 1 aromatic carbocycles. The molecule has 2 saturated heterocycles. The van der Waals surface area contributed by atoms with E-state index in [9.17, 15) is 9.59 Å². The van der Waals surface area contributed by atoms with Crippen molar-refractivity contribution in [1.82, 2.24) is 9.80 Å². The van der Waals surface area contributed by atoms with Crippen LogP contribution in [-0.2, 0) is 9.53 Å². The SMILES string of the molecule is COCCN1CCC2(CCN(C(=O)c3cc4ccccc4s3)C2)C1=O. The third-order valence-corrected chi connectivity index (χ3v) is 6.55. The third-order valence-electron chi connectivity index (χ3n) is 5.44. The Morgan fingerprint density at radius 1 is 1.28 bits per heavy atom. The van der Waals surface area contributed by atoms with Gasteiger partial charge in [0.05, 0.1) is 16.9 Å². The molecular formula is C19H22N2O3S. The van der Waals surface area contributed by atoms with Crippen LogP contribution >= 0.6 is 11.3 Å². The number of benzene rings is 1. The van der Waals surface area contributed by atoms with E-state index in [2.05, 4.69) is 0 Å². The van der Waals surface area contributed by atoms with Crippen LogP contribution in [0.25, 0.3) is 10.1 Å². The molecule has 1 spiro atoms. The van der Waals surface area contributed by atoms with Gasteiger partial charge in [0.15, 0.2) is 0 Å². The summed E-state index contributed by atoms with van der Waals surface area (Å²) in [5.74, 6) is 0.248. The van der Waals surface area contributed by atoms with Crippen LogP contribution in [0.3, 0.4) is 0 Å². The van der Waals surface area contributed by atoms with Gasteiger partial charge < -0.3 is 14.5 Å². The number of carbonyl (C=O) groups is 2. The van der Waals surface area contributed by atoms with Gasteiger partial charge in [0.25, 0.3) is 5.91 Å². The number of methoxy groups -OCH3 is 1. The van der Waals surface area contributed by atoms with Crippen LogP contribution in [0.15, 0.2) is 30.3 Å². The minimum absolute atomic E-state index is 0.0567. The minimum atomic E-state index is -0.375. The minimum Gasteiger partial charge on any atom is -0.383 e. The highest BCUT2D eigenvalue weighted by molar-refractivity contribution is 7.20. The molecule has 3 heterocycles. The first-order chi connectivity index (χ1) is 12.1. The molecule has 2 amide bonds. The highest BCUT2D eigenvalue weighted by atomic mass is 32.1. The van der Waals surface area contributed by atoms with Gasteiger partial charge in [-0.2, -0.15) is 0 Å². The Morgan fingerprint density at radius 2 is 2.08 bits per heavy atom. The standard InChI is InChI=1S/C19H22N2O3S/c1-24-11-10-20-8-6-19(18(20)23)7-9-21(13-19)17(22)16-12-14-4-2-3-5-15(14)25-16/h2-5,12H,6-11,13H2,1H3. The van der Waals surface area contributed by atoms with E-state index in [0.717, 1.165) is 34.3 Å². The summed E-state index contributed by atoms with van der Waals surface area (Å²) >= 11 is 1.53. The zero-order chi connectivity index (χ0) is 17.4. The molecule has 0 aliphatic carbocycles. The highest BCUT2D eigenvalue weighted by Crippen LogP contribution is 2.41. The van der Waals surface area contributed by atoms with Crippen molar-refractivity contribution < 1.29 is 14.3 Å². The van der Waals surface area contributed by atoms with E-state index in [-0.39, 0.29) is 17.2 Å². The first-order valence-corrected chi connectivity index (χ1v) is 9.51. The highest BCUT2D eigenvalue weighted by Gasteiger charge is 2.51. The quantitative estimate of drug-likeness (QED) is 0.844. The van der Waals surface area contributed by atoms with Crippen LogP contribution in [0.2, 0.25) is 0 Å². The summed E-state index contributed by atoms with van der Waals surface area (Å²) in [7, 11) is 1.65. The van der Waals surface area contributed by atoms with Crippen molar-refractivity contribution in [3.8, 4) is 0 Å². The number of thiophene rings is 1. The van der Waals surface area contributed by atoms with E-state index in [1.165, 1.54) is 11.3 Å². The van der Waals surface area contributed by atoms with E-state index in [1.54, 1.807) is 7.11 Å². The van der Waals surface area contributed by atoms with Gasteiger partial charge in [-0.1, -0.05) is 18.2 Å². The summed E-state index contributed by atoms with van der Waals surface area (Å²) in [5, 5.41) is 1.10. The summed E-state index contributed by atoms with van der Waals surface area (Å²) in [4.78, 5) is 30.2. The molecule has 1 unspecified atom stereocenters. The number of hydrogen-bond donors (Lipinski definition) is 0. The molecule has 0 saturated carbocycles. The fraction of sp³-hybridized carbons (Fsp3) is 0.474. The number of fused-ring (bicyclic) bond motifs is 1. The summed E-state index contributed by atoms with van der Waals surface area (Å²) in [6, 6.07) is 10.0. The molecule has 2 fully saturated rings. The van der Waals surface area contributed by atoms with Crippen LogP contribution in [0.5, 0.6) is 0 Å². The Morgan fingerprint density at radius 3 is 2.88 bits per heavy atom. The molecule has 0 radical (unpaired) electrons. The molecule has 132 valence electrons. The van der Waals surface area contributed by atoms with E-state index >= 15 is 0 Å². The summed E-state index contributed by atoms with van der Waals surface area (Å²) in [5.41, 5.74) is -0.375. The van der Waals surface area contributed by atoms with Crippen LogP contribution in [0.4, 0.5) is 0 Å². The Bertz CT molecular complexity index is 785. The maximum atomic E-state index is 12.9. The van der Waals surface area contributed by atoms with Crippen LogP contribution < -0.4 is 0 Å². The van der Waals surface area contributed by atoms with Crippen molar-refractivity contribution in [2.24, 2.45) is 5.41 Å². The zero-order valence-corrected chi connectivity index (χ0v) is 15.2. The lowest BCUT2D eigenvalue weighted by atomic mass is 9.85. The average Bonchev–Trinajstić information content (AvgIpc) is 3.32. The van der Waals surface area contributed by atoms with Gasteiger partial charge >= 0.3 is 0 Å². The number of amides is 2. The van der Waals surface area contributed by atoms with Crippen molar-refractivity contribution in [3.05, 3.63) is 35.2 Å². The summed E-state index contributed by atoms with van der Waals surface area (Å²) in [6.45, 7) is 3.18. The molecule has 0 bridgehead atoms.